The summed E-state index contributed by atoms with van der Waals surface area (Å²) < 4.78 is 5.12. The number of aliphatic carboxylic acids is 1. The van der Waals surface area contributed by atoms with Gasteiger partial charge in [-0.05, 0) is 65.6 Å². The lowest BCUT2D eigenvalue weighted by atomic mass is 9.90. The fraction of sp³-hybridized carbons (Fsp3) is 0.867. The first-order valence-electron chi connectivity index (χ1n) is 7.66. The third-order valence-electron chi connectivity index (χ3n) is 3.71. The van der Waals surface area contributed by atoms with Crippen molar-refractivity contribution in [3.63, 3.8) is 0 Å². The Balaban J connectivity index is 2.47. The summed E-state index contributed by atoms with van der Waals surface area (Å²) in [4.78, 5) is 25.4. The van der Waals surface area contributed by atoms with E-state index in [0.29, 0.717) is 12.3 Å². The number of amides is 1. The van der Waals surface area contributed by atoms with Gasteiger partial charge in [-0.1, -0.05) is 6.92 Å². The molecule has 122 valence electrons. The molecule has 1 aliphatic rings. The maximum absolute atomic E-state index is 11.7. The molecule has 1 saturated heterocycles. The first kappa shape index (κ1) is 17.8. The summed E-state index contributed by atoms with van der Waals surface area (Å²) in [7, 11) is 0. The van der Waals surface area contributed by atoms with Crippen LogP contribution in [0.2, 0.25) is 0 Å². The molecule has 1 heterocycles. The zero-order valence-electron chi connectivity index (χ0n) is 13.5. The van der Waals surface area contributed by atoms with Gasteiger partial charge in [0.15, 0.2) is 0 Å². The summed E-state index contributed by atoms with van der Waals surface area (Å²) in [5.74, 6) is -0.664. The summed E-state index contributed by atoms with van der Waals surface area (Å²) in [5, 5.41) is 11.7. The van der Waals surface area contributed by atoms with Crippen LogP contribution in [0, 0.1) is 5.92 Å². The number of alkyl carbamates (subject to hydrolysis) is 1. The number of piperidine rings is 1. The minimum atomic E-state index is -1.00. The van der Waals surface area contributed by atoms with Crippen LogP contribution in [-0.4, -0.2) is 53.3 Å². The Morgan fingerprint density at radius 3 is 2.33 bits per heavy atom. The van der Waals surface area contributed by atoms with Crippen molar-refractivity contribution in [2.45, 2.75) is 58.6 Å². The number of carboxylic acids is 1. The minimum Gasteiger partial charge on any atom is -0.480 e. The number of nitrogens with one attached hydrogen (secondary N) is 1. The topological polar surface area (TPSA) is 78.9 Å². The highest BCUT2D eigenvalue weighted by Crippen LogP contribution is 2.22. The average molecular weight is 300 g/mol. The highest BCUT2D eigenvalue weighted by molar-refractivity contribution is 5.80. The summed E-state index contributed by atoms with van der Waals surface area (Å²) in [6, 6.07) is -0.877. The maximum Gasteiger partial charge on any atom is 0.408 e. The summed E-state index contributed by atoms with van der Waals surface area (Å²) in [6.07, 6.45) is 1.76. The fourth-order valence-corrected chi connectivity index (χ4v) is 2.54. The molecule has 0 spiro atoms. The number of carbonyl (C=O) groups is 2. The van der Waals surface area contributed by atoms with E-state index in [1.54, 1.807) is 20.8 Å². The van der Waals surface area contributed by atoms with Crippen molar-refractivity contribution in [2.75, 3.05) is 19.6 Å². The number of ether oxygens (including phenoxy) is 1. The molecule has 0 aromatic heterocycles. The van der Waals surface area contributed by atoms with Crippen molar-refractivity contribution >= 4 is 12.1 Å². The molecule has 1 atom stereocenters. The largest absolute Gasteiger partial charge is 0.480 e. The quantitative estimate of drug-likeness (QED) is 0.813. The third kappa shape index (κ3) is 6.80. The van der Waals surface area contributed by atoms with Crippen LogP contribution in [0.5, 0.6) is 0 Å². The number of nitrogens with zero attached hydrogens (tertiary/aromatic N) is 1. The van der Waals surface area contributed by atoms with Crippen LogP contribution < -0.4 is 5.32 Å². The van der Waals surface area contributed by atoms with Gasteiger partial charge < -0.3 is 20.1 Å². The molecule has 0 bridgehead atoms. The van der Waals surface area contributed by atoms with Crippen LogP contribution in [0.4, 0.5) is 4.79 Å². The number of carbonyl (C=O) groups excluding carboxylic acids is 1. The van der Waals surface area contributed by atoms with Gasteiger partial charge >= 0.3 is 12.1 Å². The molecule has 0 aromatic rings. The van der Waals surface area contributed by atoms with E-state index < -0.39 is 23.7 Å². The lowest BCUT2D eigenvalue weighted by Gasteiger charge is -2.32. The smallest absolute Gasteiger partial charge is 0.408 e. The molecule has 2 N–H and O–H groups in total. The van der Waals surface area contributed by atoms with E-state index >= 15 is 0 Å². The second-order valence-corrected chi connectivity index (χ2v) is 6.65. The number of rotatable bonds is 5. The van der Waals surface area contributed by atoms with Gasteiger partial charge in [-0.3, -0.25) is 0 Å². The molecule has 0 radical (unpaired) electrons. The normalized spacial score (nSPS) is 19.0. The van der Waals surface area contributed by atoms with Crippen LogP contribution >= 0.6 is 0 Å². The van der Waals surface area contributed by atoms with Crippen LogP contribution in [0.25, 0.3) is 0 Å². The van der Waals surface area contributed by atoms with Gasteiger partial charge in [0, 0.05) is 0 Å². The van der Waals surface area contributed by atoms with Crippen molar-refractivity contribution in [2.24, 2.45) is 5.92 Å². The first-order valence-corrected chi connectivity index (χ1v) is 7.66. The van der Waals surface area contributed by atoms with Crippen LogP contribution in [0.3, 0.4) is 0 Å². The molecule has 1 rings (SSSR count). The molecule has 1 amide bonds. The van der Waals surface area contributed by atoms with Crippen LogP contribution in [-0.2, 0) is 9.53 Å². The Kier molecular flexibility index (Phi) is 6.45. The second-order valence-electron chi connectivity index (χ2n) is 6.65. The van der Waals surface area contributed by atoms with Gasteiger partial charge in [0.2, 0.25) is 0 Å². The van der Waals surface area contributed by atoms with Crippen molar-refractivity contribution in [3.8, 4) is 0 Å². The maximum atomic E-state index is 11.7. The first-order chi connectivity index (χ1) is 9.71. The van der Waals surface area contributed by atoms with Gasteiger partial charge in [0.05, 0.1) is 0 Å². The summed E-state index contributed by atoms with van der Waals surface area (Å²) >= 11 is 0. The lowest BCUT2D eigenvalue weighted by molar-refractivity contribution is -0.140. The molecule has 0 saturated carbocycles. The highest BCUT2D eigenvalue weighted by atomic mass is 16.6. The van der Waals surface area contributed by atoms with E-state index in [1.165, 1.54) is 0 Å². The molecule has 6 heteroatoms. The molecular formula is C15H28N2O4. The van der Waals surface area contributed by atoms with Gasteiger partial charge in [-0.15, -0.1) is 0 Å². The number of carboxylic acid groups (broad SMARTS) is 1. The third-order valence-corrected chi connectivity index (χ3v) is 3.71. The van der Waals surface area contributed by atoms with Crippen LogP contribution in [0.1, 0.15) is 47.0 Å². The Morgan fingerprint density at radius 1 is 1.33 bits per heavy atom. The lowest BCUT2D eigenvalue weighted by Crippen LogP contribution is -2.45. The SMILES string of the molecule is CCN1CCC(C[C@H](NC(=O)OC(C)(C)C)C(=O)O)CC1. The molecule has 6 nitrogen and oxygen atoms in total. The van der Waals surface area contributed by atoms with Gasteiger partial charge in [0.25, 0.3) is 0 Å². The number of hydrogen-bond donors (Lipinski definition) is 2. The van der Waals surface area contributed by atoms with E-state index in [4.69, 9.17) is 4.74 Å². The molecule has 0 aromatic carbocycles. The Hall–Kier alpha value is -1.30. The highest BCUT2D eigenvalue weighted by Gasteiger charge is 2.28. The van der Waals surface area contributed by atoms with Crippen molar-refractivity contribution in [1.29, 1.82) is 0 Å². The number of likely N-dealkylation sites (tertiary alicyclic amines) is 1. The number of hydrogen-bond acceptors (Lipinski definition) is 4. The predicted molar refractivity (Wildman–Crippen MR) is 80.2 cm³/mol. The Bertz CT molecular complexity index is 357. The second kappa shape index (κ2) is 7.64. The van der Waals surface area contributed by atoms with E-state index in [0.717, 1.165) is 32.5 Å². The standard InChI is InChI=1S/C15H28N2O4/c1-5-17-8-6-11(7-9-17)10-12(13(18)19)16-14(20)21-15(2,3)4/h11-12H,5-10H2,1-4H3,(H,16,20)(H,18,19)/t12-/m0/s1. The van der Waals surface area contributed by atoms with Crippen molar-refractivity contribution in [3.05, 3.63) is 0 Å². The van der Waals surface area contributed by atoms with Gasteiger partial charge in [-0.2, -0.15) is 0 Å². The van der Waals surface area contributed by atoms with Gasteiger partial charge in [-0.25, -0.2) is 9.59 Å². The molecule has 0 unspecified atom stereocenters. The zero-order chi connectivity index (χ0) is 16.0. The van der Waals surface area contributed by atoms with E-state index in [1.807, 2.05) is 0 Å². The molecule has 1 aliphatic heterocycles. The monoisotopic (exact) mass is 300 g/mol. The zero-order valence-corrected chi connectivity index (χ0v) is 13.5. The Labute approximate surface area is 126 Å². The van der Waals surface area contributed by atoms with Crippen molar-refractivity contribution in [1.82, 2.24) is 10.2 Å². The van der Waals surface area contributed by atoms with Gasteiger partial charge in [0.1, 0.15) is 11.6 Å². The predicted octanol–water partition coefficient (Wildman–Crippen LogP) is 2.09. The minimum absolute atomic E-state index is 0.337. The fourth-order valence-electron chi connectivity index (χ4n) is 2.54. The molecule has 0 aliphatic carbocycles. The van der Waals surface area contributed by atoms with E-state index in [-0.39, 0.29) is 0 Å². The van der Waals surface area contributed by atoms with Crippen molar-refractivity contribution < 1.29 is 19.4 Å². The van der Waals surface area contributed by atoms with Crippen LogP contribution in [0.15, 0.2) is 0 Å². The molecule has 1 fully saturated rings. The molecule has 21 heavy (non-hydrogen) atoms. The summed E-state index contributed by atoms with van der Waals surface area (Å²) in [6.45, 7) is 10.4. The molecular weight excluding hydrogens is 272 g/mol. The average Bonchev–Trinajstić information content (AvgIpc) is 2.36. The van der Waals surface area contributed by atoms with E-state index in [9.17, 15) is 14.7 Å². The summed E-state index contributed by atoms with van der Waals surface area (Å²) in [5.41, 5.74) is -0.625. The Morgan fingerprint density at radius 2 is 1.90 bits per heavy atom. The van der Waals surface area contributed by atoms with E-state index in [2.05, 4.69) is 17.1 Å².